The molecule has 8 heteroatoms. The van der Waals surface area contributed by atoms with Gasteiger partial charge in [-0.05, 0) is 38.3 Å². The highest BCUT2D eigenvalue weighted by Gasteiger charge is 2.30. The molecule has 0 bridgehead atoms. The first kappa shape index (κ1) is 19.2. The van der Waals surface area contributed by atoms with Crippen molar-refractivity contribution in [2.24, 2.45) is 5.73 Å². The highest BCUT2D eigenvalue weighted by Crippen LogP contribution is 2.29. The van der Waals surface area contributed by atoms with Gasteiger partial charge >= 0.3 is 5.69 Å². The Morgan fingerprint density at radius 3 is 2.74 bits per heavy atom. The van der Waals surface area contributed by atoms with Crippen molar-refractivity contribution in [3.05, 3.63) is 33.9 Å². The minimum Gasteiger partial charge on any atom is -0.490 e. The fourth-order valence-electron chi connectivity index (χ4n) is 2.89. The lowest BCUT2D eigenvalue weighted by Crippen LogP contribution is -2.51. The summed E-state index contributed by atoms with van der Waals surface area (Å²) >= 11 is 0. The largest absolute Gasteiger partial charge is 0.490 e. The zero-order valence-electron chi connectivity index (χ0n) is 13.2. The number of nitro groups is 1. The van der Waals surface area contributed by atoms with Crippen molar-refractivity contribution in [3.8, 4) is 5.75 Å². The van der Waals surface area contributed by atoms with E-state index < -0.39 is 4.92 Å². The summed E-state index contributed by atoms with van der Waals surface area (Å²) in [7, 11) is 1.36. The van der Waals surface area contributed by atoms with Crippen molar-refractivity contribution in [2.75, 3.05) is 13.7 Å². The zero-order chi connectivity index (χ0) is 16.3. The molecule has 0 spiro atoms. The molecule has 2 N–H and O–H groups in total. The quantitative estimate of drug-likeness (QED) is 0.668. The molecule has 1 aromatic rings. The normalized spacial score (nSPS) is 18.7. The summed E-state index contributed by atoms with van der Waals surface area (Å²) in [6.45, 7) is 2.51. The monoisotopic (exact) mass is 343 g/mol. The highest BCUT2D eigenvalue weighted by atomic mass is 35.5. The fourth-order valence-corrected chi connectivity index (χ4v) is 2.89. The third kappa shape index (κ3) is 4.11. The van der Waals surface area contributed by atoms with E-state index in [1.54, 1.807) is 11.0 Å². The lowest BCUT2D eigenvalue weighted by atomic mass is 9.96. The van der Waals surface area contributed by atoms with Crippen LogP contribution in [0, 0.1) is 10.1 Å². The van der Waals surface area contributed by atoms with Gasteiger partial charge in [-0.2, -0.15) is 0 Å². The molecule has 2 unspecified atom stereocenters. The second-order valence-corrected chi connectivity index (χ2v) is 5.56. The number of ether oxygens (including phenoxy) is 1. The lowest BCUT2D eigenvalue weighted by Gasteiger charge is -2.38. The maximum absolute atomic E-state index is 12.7. The van der Waals surface area contributed by atoms with Gasteiger partial charge in [0.15, 0.2) is 5.75 Å². The van der Waals surface area contributed by atoms with Crippen LogP contribution in [0.1, 0.15) is 36.5 Å². The molecule has 128 valence electrons. The zero-order valence-corrected chi connectivity index (χ0v) is 14.0. The lowest BCUT2D eigenvalue weighted by molar-refractivity contribution is -0.385. The first-order chi connectivity index (χ1) is 10.5. The number of benzene rings is 1. The Morgan fingerprint density at radius 1 is 1.48 bits per heavy atom. The van der Waals surface area contributed by atoms with Gasteiger partial charge in [-0.25, -0.2) is 0 Å². The Morgan fingerprint density at radius 2 is 2.17 bits per heavy atom. The Bertz CT molecular complexity index is 580. The molecule has 1 saturated heterocycles. The number of rotatable bonds is 4. The predicted octanol–water partition coefficient (Wildman–Crippen LogP) is 2.37. The molecule has 1 aliphatic heterocycles. The topological polar surface area (TPSA) is 98.7 Å². The standard InChI is InChI=1S/C15H21N3O4.ClH/c1-10(16)12-5-3-4-8-17(12)15(19)11-6-7-14(22-2)13(9-11)18(20)21;/h6-7,9-10,12H,3-5,8,16H2,1-2H3;1H. The number of nitro benzene ring substituents is 1. The van der Waals surface area contributed by atoms with Crippen molar-refractivity contribution in [1.82, 2.24) is 4.90 Å². The second-order valence-electron chi connectivity index (χ2n) is 5.56. The first-order valence-electron chi connectivity index (χ1n) is 7.34. The second kappa shape index (κ2) is 8.12. The summed E-state index contributed by atoms with van der Waals surface area (Å²) in [6, 6.07) is 4.13. The van der Waals surface area contributed by atoms with Gasteiger partial charge in [0.25, 0.3) is 5.91 Å². The van der Waals surface area contributed by atoms with Crippen molar-refractivity contribution in [2.45, 2.75) is 38.3 Å². The molecule has 1 aromatic carbocycles. The third-order valence-corrected chi connectivity index (χ3v) is 4.04. The fraction of sp³-hybridized carbons (Fsp3) is 0.533. The van der Waals surface area contributed by atoms with E-state index in [-0.39, 0.29) is 41.8 Å². The van der Waals surface area contributed by atoms with E-state index in [1.807, 2.05) is 6.92 Å². The van der Waals surface area contributed by atoms with Crippen molar-refractivity contribution >= 4 is 24.0 Å². The Balaban J connectivity index is 0.00000264. The van der Waals surface area contributed by atoms with Gasteiger partial charge in [0.1, 0.15) is 0 Å². The Kier molecular flexibility index (Phi) is 6.78. The molecule has 1 amide bonds. The number of hydrogen-bond acceptors (Lipinski definition) is 5. The first-order valence-corrected chi connectivity index (χ1v) is 7.34. The van der Waals surface area contributed by atoms with Crippen LogP contribution in [-0.2, 0) is 0 Å². The maximum Gasteiger partial charge on any atom is 0.311 e. The predicted molar refractivity (Wildman–Crippen MR) is 89.2 cm³/mol. The van der Waals surface area contributed by atoms with Crippen LogP contribution < -0.4 is 10.5 Å². The van der Waals surface area contributed by atoms with Crippen LogP contribution in [0.15, 0.2) is 18.2 Å². The average molecular weight is 344 g/mol. The molecular formula is C15H22ClN3O4. The summed E-state index contributed by atoms with van der Waals surface area (Å²) in [5.74, 6) is -0.0725. The van der Waals surface area contributed by atoms with Gasteiger partial charge in [-0.15, -0.1) is 12.4 Å². The molecule has 7 nitrogen and oxygen atoms in total. The number of piperidine rings is 1. The van der Waals surface area contributed by atoms with Crippen LogP contribution >= 0.6 is 12.4 Å². The number of halogens is 1. The van der Waals surface area contributed by atoms with Crippen LogP contribution in [0.2, 0.25) is 0 Å². The summed E-state index contributed by atoms with van der Waals surface area (Å²) in [5.41, 5.74) is 6.06. The van der Waals surface area contributed by atoms with E-state index in [9.17, 15) is 14.9 Å². The minimum absolute atomic E-state index is 0. The molecule has 0 aromatic heterocycles. The van der Waals surface area contributed by atoms with Gasteiger partial charge in [-0.3, -0.25) is 14.9 Å². The molecule has 1 aliphatic rings. The van der Waals surface area contributed by atoms with Gasteiger partial charge < -0.3 is 15.4 Å². The van der Waals surface area contributed by atoms with E-state index in [0.717, 1.165) is 19.3 Å². The summed E-state index contributed by atoms with van der Waals surface area (Å²) in [6.07, 6.45) is 2.83. The maximum atomic E-state index is 12.7. The van der Waals surface area contributed by atoms with E-state index in [4.69, 9.17) is 10.5 Å². The Hall–Kier alpha value is -1.86. The summed E-state index contributed by atoms with van der Waals surface area (Å²) in [4.78, 5) is 25.0. The smallest absolute Gasteiger partial charge is 0.311 e. The minimum atomic E-state index is -0.547. The average Bonchev–Trinajstić information content (AvgIpc) is 2.53. The van der Waals surface area contributed by atoms with Gasteiger partial charge in [-0.1, -0.05) is 0 Å². The third-order valence-electron chi connectivity index (χ3n) is 4.04. The molecule has 2 atom stereocenters. The van der Waals surface area contributed by atoms with Gasteiger partial charge in [0, 0.05) is 30.3 Å². The molecule has 0 radical (unpaired) electrons. The van der Waals surface area contributed by atoms with Gasteiger partial charge in [0.2, 0.25) is 0 Å². The molecule has 0 saturated carbocycles. The van der Waals surface area contributed by atoms with E-state index in [0.29, 0.717) is 12.1 Å². The SMILES string of the molecule is COc1ccc(C(=O)N2CCCCC2C(C)N)cc1[N+](=O)[O-].Cl. The van der Waals surface area contributed by atoms with Crippen LogP contribution in [0.25, 0.3) is 0 Å². The number of nitrogens with zero attached hydrogens (tertiary/aromatic N) is 2. The Labute approximate surface area is 141 Å². The molecular weight excluding hydrogens is 322 g/mol. The number of nitrogens with two attached hydrogens (primary N) is 1. The van der Waals surface area contributed by atoms with Crippen molar-refractivity contribution < 1.29 is 14.5 Å². The van der Waals surface area contributed by atoms with Crippen LogP contribution in [0.3, 0.4) is 0 Å². The summed E-state index contributed by atoms with van der Waals surface area (Å²) < 4.78 is 4.96. The molecule has 2 rings (SSSR count). The number of likely N-dealkylation sites (tertiary alicyclic amines) is 1. The number of amides is 1. The number of carbonyl (C=O) groups excluding carboxylic acids is 1. The van der Waals surface area contributed by atoms with E-state index in [1.165, 1.54) is 19.2 Å². The molecule has 1 fully saturated rings. The highest BCUT2D eigenvalue weighted by molar-refractivity contribution is 5.95. The molecule has 23 heavy (non-hydrogen) atoms. The van der Waals surface area contributed by atoms with Crippen LogP contribution in [0.5, 0.6) is 5.75 Å². The van der Waals surface area contributed by atoms with Gasteiger partial charge in [0.05, 0.1) is 12.0 Å². The van der Waals surface area contributed by atoms with E-state index in [2.05, 4.69) is 0 Å². The summed E-state index contributed by atoms with van der Waals surface area (Å²) in [5, 5.41) is 11.1. The van der Waals surface area contributed by atoms with Crippen molar-refractivity contribution in [3.63, 3.8) is 0 Å². The van der Waals surface area contributed by atoms with Crippen LogP contribution in [0.4, 0.5) is 5.69 Å². The molecule has 0 aliphatic carbocycles. The van der Waals surface area contributed by atoms with E-state index >= 15 is 0 Å². The number of hydrogen-bond donors (Lipinski definition) is 1. The van der Waals surface area contributed by atoms with Crippen molar-refractivity contribution in [1.29, 1.82) is 0 Å². The molecule has 1 heterocycles. The van der Waals surface area contributed by atoms with Crippen LogP contribution in [-0.4, -0.2) is 41.5 Å². The number of methoxy groups -OCH3 is 1. The number of carbonyl (C=O) groups is 1.